The summed E-state index contributed by atoms with van der Waals surface area (Å²) in [5.41, 5.74) is 0.331. The molecule has 0 fully saturated rings. The number of rotatable bonds is 5. The summed E-state index contributed by atoms with van der Waals surface area (Å²) in [5.74, 6) is -0.118. The number of thioether (sulfide) groups is 1. The highest BCUT2D eigenvalue weighted by Gasteiger charge is 2.08. The average Bonchev–Trinajstić information content (AvgIpc) is 2.15. The molecule has 15 heavy (non-hydrogen) atoms. The summed E-state index contributed by atoms with van der Waals surface area (Å²) in [4.78, 5) is 0. The van der Waals surface area contributed by atoms with E-state index in [2.05, 4.69) is 21.2 Å². The van der Waals surface area contributed by atoms with Gasteiger partial charge < -0.3 is 5.32 Å². The van der Waals surface area contributed by atoms with Gasteiger partial charge in [0.05, 0.1) is 5.69 Å². The van der Waals surface area contributed by atoms with Crippen LogP contribution in [0.1, 0.15) is 6.42 Å². The first-order valence-corrected chi connectivity index (χ1v) is 6.71. The third-order valence-corrected chi connectivity index (χ3v) is 3.16. The maximum Gasteiger partial charge on any atom is 0.150 e. The molecule has 0 heterocycles. The van der Waals surface area contributed by atoms with Gasteiger partial charge in [0.2, 0.25) is 0 Å². The van der Waals surface area contributed by atoms with Crippen LogP contribution in [0.25, 0.3) is 0 Å². The molecule has 1 aromatic carbocycles. The minimum absolute atomic E-state index is 0.331. The molecule has 0 amide bonds. The Hall–Kier alpha value is -0.290. The lowest BCUT2D eigenvalue weighted by atomic mass is 10.3. The van der Waals surface area contributed by atoms with E-state index in [0.29, 0.717) is 16.7 Å². The van der Waals surface area contributed by atoms with Crippen molar-refractivity contribution in [2.24, 2.45) is 0 Å². The van der Waals surface area contributed by atoms with Crippen LogP contribution in [-0.4, -0.2) is 18.6 Å². The van der Waals surface area contributed by atoms with Gasteiger partial charge in [-0.25, -0.2) is 8.78 Å². The molecule has 0 aliphatic rings. The predicted octanol–water partition coefficient (Wildman–Crippen LogP) is 3.89. The average molecular weight is 296 g/mol. The van der Waals surface area contributed by atoms with E-state index in [1.54, 1.807) is 11.8 Å². The van der Waals surface area contributed by atoms with Gasteiger partial charge in [-0.15, -0.1) is 0 Å². The van der Waals surface area contributed by atoms with Crippen LogP contribution in [0, 0.1) is 11.6 Å². The lowest BCUT2D eigenvalue weighted by molar-refractivity contribution is 0.583. The second-order valence-corrected chi connectivity index (χ2v) is 4.86. The monoisotopic (exact) mass is 295 g/mol. The second-order valence-electron chi connectivity index (χ2n) is 3.02. The van der Waals surface area contributed by atoms with Gasteiger partial charge in [0.15, 0.2) is 0 Å². The van der Waals surface area contributed by atoms with Gasteiger partial charge in [0.1, 0.15) is 11.6 Å². The van der Waals surface area contributed by atoms with Crippen molar-refractivity contribution in [3.63, 3.8) is 0 Å². The Morgan fingerprint density at radius 1 is 1.40 bits per heavy atom. The van der Waals surface area contributed by atoms with Crippen LogP contribution in [0.4, 0.5) is 14.5 Å². The maximum atomic E-state index is 13.3. The standard InChI is InChI=1S/C10H12BrF2NS/c1-15-4-2-3-14-10-8(11)5-7(12)6-9(10)13/h5-6,14H,2-4H2,1H3. The van der Waals surface area contributed by atoms with Crippen LogP contribution in [0.2, 0.25) is 0 Å². The Morgan fingerprint density at radius 3 is 2.73 bits per heavy atom. The van der Waals surface area contributed by atoms with Gasteiger partial charge in [-0.1, -0.05) is 0 Å². The zero-order valence-corrected chi connectivity index (χ0v) is 10.7. The van der Waals surface area contributed by atoms with Crippen molar-refractivity contribution in [3.8, 4) is 0 Å². The molecule has 0 aliphatic heterocycles. The molecule has 84 valence electrons. The van der Waals surface area contributed by atoms with Gasteiger partial charge in [-0.2, -0.15) is 11.8 Å². The summed E-state index contributed by atoms with van der Waals surface area (Å²) in [5, 5.41) is 2.94. The summed E-state index contributed by atoms with van der Waals surface area (Å²) >= 11 is 4.86. The second kappa shape index (κ2) is 6.33. The van der Waals surface area contributed by atoms with Crippen LogP contribution in [0.15, 0.2) is 16.6 Å². The zero-order valence-electron chi connectivity index (χ0n) is 8.32. The number of hydrogen-bond acceptors (Lipinski definition) is 2. The molecule has 0 spiro atoms. The first-order chi connectivity index (χ1) is 7.15. The maximum absolute atomic E-state index is 13.3. The van der Waals surface area contributed by atoms with E-state index in [1.165, 1.54) is 6.07 Å². The molecule has 0 saturated carbocycles. The van der Waals surface area contributed by atoms with Crippen molar-refractivity contribution in [2.75, 3.05) is 23.9 Å². The highest BCUT2D eigenvalue weighted by Crippen LogP contribution is 2.26. The zero-order chi connectivity index (χ0) is 11.3. The molecule has 0 bridgehead atoms. The van der Waals surface area contributed by atoms with Crippen LogP contribution in [0.5, 0.6) is 0 Å². The third-order valence-electron chi connectivity index (χ3n) is 1.83. The molecular weight excluding hydrogens is 284 g/mol. The number of anilines is 1. The van der Waals surface area contributed by atoms with Crippen molar-refractivity contribution >= 4 is 33.4 Å². The van der Waals surface area contributed by atoms with Crippen molar-refractivity contribution in [1.82, 2.24) is 0 Å². The quantitative estimate of drug-likeness (QED) is 0.827. The van der Waals surface area contributed by atoms with E-state index in [9.17, 15) is 8.78 Å². The largest absolute Gasteiger partial charge is 0.382 e. The van der Waals surface area contributed by atoms with E-state index in [1.807, 2.05) is 6.26 Å². The van der Waals surface area contributed by atoms with Crippen LogP contribution < -0.4 is 5.32 Å². The van der Waals surface area contributed by atoms with Gasteiger partial charge >= 0.3 is 0 Å². The molecule has 0 aliphatic carbocycles. The number of benzene rings is 1. The molecule has 0 unspecified atom stereocenters. The van der Waals surface area contributed by atoms with Gasteiger partial charge in [-0.3, -0.25) is 0 Å². The number of nitrogens with one attached hydrogen (secondary N) is 1. The van der Waals surface area contributed by atoms with E-state index < -0.39 is 11.6 Å². The van der Waals surface area contributed by atoms with E-state index in [0.717, 1.165) is 18.2 Å². The minimum Gasteiger partial charge on any atom is -0.382 e. The van der Waals surface area contributed by atoms with E-state index >= 15 is 0 Å². The summed E-state index contributed by atoms with van der Waals surface area (Å²) in [7, 11) is 0. The Labute approximate surface area is 101 Å². The Balaban J connectivity index is 2.60. The lowest BCUT2D eigenvalue weighted by Gasteiger charge is -2.09. The van der Waals surface area contributed by atoms with E-state index in [-0.39, 0.29) is 0 Å². The fourth-order valence-corrected chi connectivity index (χ4v) is 2.12. The molecule has 1 aromatic rings. The molecule has 0 atom stereocenters. The molecule has 0 aromatic heterocycles. The molecule has 1 nitrogen and oxygen atoms in total. The van der Waals surface area contributed by atoms with Crippen molar-refractivity contribution in [2.45, 2.75) is 6.42 Å². The Morgan fingerprint density at radius 2 is 2.13 bits per heavy atom. The van der Waals surface area contributed by atoms with Crippen LogP contribution in [0.3, 0.4) is 0 Å². The fourth-order valence-electron chi connectivity index (χ4n) is 1.14. The molecule has 1 rings (SSSR count). The number of halogens is 3. The summed E-state index contributed by atoms with van der Waals surface area (Å²) in [6.45, 7) is 0.683. The SMILES string of the molecule is CSCCCNc1c(F)cc(F)cc1Br. The Kier molecular flexibility index (Phi) is 5.39. The summed E-state index contributed by atoms with van der Waals surface area (Å²) in [6, 6.07) is 2.13. The minimum atomic E-state index is -0.575. The molecule has 0 radical (unpaired) electrons. The topological polar surface area (TPSA) is 12.0 Å². The van der Waals surface area contributed by atoms with Crippen molar-refractivity contribution < 1.29 is 8.78 Å². The number of hydrogen-bond donors (Lipinski definition) is 1. The summed E-state index contributed by atoms with van der Waals surface area (Å²) < 4.78 is 26.5. The summed E-state index contributed by atoms with van der Waals surface area (Å²) in [6.07, 6.45) is 2.97. The normalized spacial score (nSPS) is 10.4. The van der Waals surface area contributed by atoms with Crippen molar-refractivity contribution in [3.05, 3.63) is 28.2 Å². The molecule has 1 N–H and O–H groups in total. The third kappa shape index (κ3) is 3.99. The molecule has 0 saturated heterocycles. The van der Waals surface area contributed by atoms with Gasteiger partial charge in [0.25, 0.3) is 0 Å². The highest BCUT2D eigenvalue weighted by molar-refractivity contribution is 9.10. The highest BCUT2D eigenvalue weighted by atomic mass is 79.9. The predicted molar refractivity (Wildman–Crippen MR) is 65.5 cm³/mol. The molecular formula is C10H12BrF2NS. The Bertz CT molecular complexity index is 310. The van der Waals surface area contributed by atoms with Crippen LogP contribution in [-0.2, 0) is 0 Å². The molecule has 5 heteroatoms. The van der Waals surface area contributed by atoms with Crippen LogP contribution >= 0.6 is 27.7 Å². The fraction of sp³-hybridized carbons (Fsp3) is 0.400. The van der Waals surface area contributed by atoms with Gasteiger partial charge in [-0.05, 0) is 40.4 Å². The first kappa shape index (κ1) is 12.8. The van der Waals surface area contributed by atoms with Gasteiger partial charge in [0, 0.05) is 17.1 Å². The first-order valence-electron chi connectivity index (χ1n) is 4.52. The van der Waals surface area contributed by atoms with Crippen molar-refractivity contribution in [1.29, 1.82) is 0 Å². The lowest BCUT2D eigenvalue weighted by Crippen LogP contribution is -2.05. The van der Waals surface area contributed by atoms with E-state index in [4.69, 9.17) is 0 Å². The smallest absolute Gasteiger partial charge is 0.150 e.